The molecule has 0 aromatic rings. The minimum absolute atomic E-state index is 0.00590. The van der Waals surface area contributed by atoms with Crippen LogP contribution in [0.15, 0.2) is 0 Å². The Kier molecular flexibility index (Phi) is 3.36. The first-order chi connectivity index (χ1) is 5.56. The molecule has 0 amide bonds. The van der Waals surface area contributed by atoms with E-state index in [0.29, 0.717) is 0 Å². The molecule has 6 N–H and O–H groups in total. The largest absolute Gasteiger partial charge is 0.357 e. The van der Waals surface area contributed by atoms with Gasteiger partial charge in [0.1, 0.15) is 0 Å². The fraction of sp³-hybridized carbons (Fsp3) is 1.00. The van der Waals surface area contributed by atoms with Crippen molar-refractivity contribution in [1.82, 2.24) is 0 Å². The molecule has 1 unspecified atom stereocenters. The van der Waals surface area contributed by atoms with Crippen LogP contribution in [-0.2, 0) is 0 Å². The van der Waals surface area contributed by atoms with E-state index in [0.717, 1.165) is 0 Å². The summed E-state index contributed by atoms with van der Waals surface area (Å²) in [7, 11) is 0. The maximum atomic E-state index is 12.9. The van der Waals surface area contributed by atoms with Gasteiger partial charge in [-0.1, -0.05) is 13.3 Å². The molecule has 6 nitrogen and oxygen atoms in total. The highest BCUT2D eigenvalue weighted by atomic mass is 19.2. The zero-order chi connectivity index (χ0) is 10.9. The molecule has 0 heterocycles. The molecule has 0 spiro atoms. The molecule has 13 heavy (non-hydrogen) atoms. The highest BCUT2D eigenvalue weighted by Crippen LogP contribution is 2.32. The summed E-state index contributed by atoms with van der Waals surface area (Å²) in [5, 5.41) is 51.1. The van der Waals surface area contributed by atoms with Gasteiger partial charge in [0.25, 0.3) is 5.85 Å². The lowest BCUT2D eigenvalue weighted by molar-refractivity contribution is -0.498. The van der Waals surface area contributed by atoms with Crippen molar-refractivity contribution in [3.63, 3.8) is 0 Å². The van der Waals surface area contributed by atoms with Gasteiger partial charge in [-0.3, -0.25) is 0 Å². The first-order valence-corrected chi connectivity index (χ1v) is 3.59. The molecule has 0 aliphatic rings. The van der Waals surface area contributed by atoms with E-state index >= 15 is 0 Å². The van der Waals surface area contributed by atoms with Crippen LogP contribution >= 0.6 is 0 Å². The average molecular weight is 200 g/mol. The Morgan fingerprint density at radius 3 is 1.62 bits per heavy atom. The zero-order valence-electron chi connectivity index (χ0n) is 6.98. The minimum Gasteiger partial charge on any atom is -0.357 e. The van der Waals surface area contributed by atoms with Gasteiger partial charge >= 0.3 is 11.8 Å². The topological polar surface area (TPSA) is 121 Å². The minimum atomic E-state index is -4.13. The van der Waals surface area contributed by atoms with Crippen molar-refractivity contribution in [3.8, 4) is 0 Å². The highest BCUT2D eigenvalue weighted by molar-refractivity contribution is 4.87. The summed E-state index contributed by atoms with van der Waals surface area (Å²) in [6.07, 6.45) is -0.768. The van der Waals surface area contributed by atoms with E-state index in [9.17, 15) is 4.39 Å². The van der Waals surface area contributed by atoms with Crippen LogP contribution in [0, 0.1) is 0 Å². The molecule has 0 saturated carbocycles. The number of aliphatic hydroxyl groups is 6. The van der Waals surface area contributed by atoms with Gasteiger partial charge < -0.3 is 30.6 Å². The smallest absolute Gasteiger partial charge is 0.338 e. The van der Waals surface area contributed by atoms with Crippen molar-refractivity contribution in [2.24, 2.45) is 0 Å². The van der Waals surface area contributed by atoms with Crippen LogP contribution in [-0.4, -0.2) is 48.3 Å². The molecule has 0 bridgehead atoms. The fourth-order valence-electron chi connectivity index (χ4n) is 0.763. The van der Waals surface area contributed by atoms with Crippen LogP contribution < -0.4 is 0 Å². The number of hydrogen-bond donors (Lipinski definition) is 6. The standard InChI is InChI=1S/C6H13FO6/c1-2-3-4(7,8)5(9,10)6(11,12)13/h8-13H,2-3H2,1H3. The van der Waals surface area contributed by atoms with Gasteiger partial charge in [0, 0.05) is 6.42 Å². The summed E-state index contributed by atoms with van der Waals surface area (Å²) in [6, 6.07) is 0. The number of halogens is 1. The van der Waals surface area contributed by atoms with Crippen LogP contribution in [0.4, 0.5) is 4.39 Å². The second-order valence-corrected chi connectivity index (χ2v) is 2.82. The quantitative estimate of drug-likeness (QED) is 0.285. The Morgan fingerprint density at radius 1 is 1.00 bits per heavy atom. The molecular weight excluding hydrogens is 187 g/mol. The lowest BCUT2D eigenvalue weighted by Crippen LogP contribution is -2.66. The van der Waals surface area contributed by atoms with Crippen molar-refractivity contribution < 1.29 is 35.0 Å². The summed E-state index contributed by atoms with van der Waals surface area (Å²) in [6.45, 7) is 1.41. The van der Waals surface area contributed by atoms with Gasteiger partial charge in [0.2, 0.25) is 0 Å². The van der Waals surface area contributed by atoms with Gasteiger partial charge in [-0.2, -0.15) is 0 Å². The summed E-state index contributed by atoms with van der Waals surface area (Å²) in [4.78, 5) is 0. The second-order valence-electron chi connectivity index (χ2n) is 2.82. The van der Waals surface area contributed by atoms with Crippen LogP contribution in [0.1, 0.15) is 19.8 Å². The van der Waals surface area contributed by atoms with E-state index in [4.69, 9.17) is 30.6 Å². The molecule has 0 aliphatic carbocycles. The zero-order valence-corrected chi connectivity index (χ0v) is 6.98. The van der Waals surface area contributed by atoms with E-state index in [1.807, 2.05) is 0 Å². The molecule has 0 radical (unpaired) electrons. The Bertz CT molecular complexity index is 172. The van der Waals surface area contributed by atoms with Gasteiger partial charge in [0.15, 0.2) is 0 Å². The third kappa shape index (κ3) is 2.33. The average Bonchev–Trinajstić information content (AvgIpc) is 1.84. The van der Waals surface area contributed by atoms with Crippen molar-refractivity contribution in [2.75, 3.05) is 0 Å². The highest BCUT2D eigenvalue weighted by Gasteiger charge is 2.62. The molecule has 0 aromatic carbocycles. The predicted octanol–water partition coefficient (Wildman–Crippen LogP) is -2.24. The van der Waals surface area contributed by atoms with E-state index < -0.39 is 24.0 Å². The molecule has 1 atom stereocenters. The number of alkyl halides is 1. The number of hydrogen-bond acceptors (Lipinski definition) is 6. The second kappa shape index (κ2) is 3.45. The van der Waals surface area contributed by atoms with Crippen molar-refractivity contribution in [1.29, 1.82) is 0 Å². The summed E-state index contributed by atoms with van der Waals surface area (Å²) in [5.74, 6) is -11.9. The lowest BCUT2D eigenvalue weighted by Gasteiger charge is -2.37. The van der Waals surface area contributed by atoms with Crippen LogP contribution in [0.2, 0.25) is 0 Å². The van der Waals surface area contributed by atoms with Gasteiger partial charge in [-0.15, -0.1) is 0 Å². The molecular formula is C6H13FO6. The molecule has 0 fully saturated rings. The maximum Gasteiger partial charge on any atom is 0.338 e. The Hall–Kier alpha value is -0.310. The lowest BCUT2D eigenvalue weighted by atomic mass is 10.0. The SMILES string of the molecule is CCCC(O)(F)C(O)(O)C(O)(O)O. The Morgan fingerprint density at radius 2 is 1.38 bits per heavy atom. The van der Waals surface area contributed by atoms with Gasteiger partial charge in [0.05, 0.1) is 0 Å². The first kappa shape index (κ1) is 12.7. The fourth-order valence-corrected chi connectivity index (χ4v) is 0.763. The van der Waals surface area contributed by atoms with Crippen molar-refractivity contribution in [2.45, 2.75) is 37.4 Å². The monoisotopic (exact) mass is 200 g/mol. The summed E-state index contributed by atoms with van der Waals surface area (Å²) >= 11 is 0. The first-order valence-electron chi connectivity index (χ1n) is 3.59. The summed E-state index contributed by atoms with van der Waals surface area (Å²) in [5.41, 5.74) is 0. The van der Waals surface area contributed by atoms with Gasteiger partial charge in [-0.25, -0.2) is 4.39 Å². The normalized spacial score (nSPS) is 18.5. The molecule has 0 rings (SSSR count). The molecule has 0 aliphatic heterocycles. The maximum absolute atomic E-state index is 12.9. The molecule has 80 valence electrons. The third-order valence-corrected chi connectivity index (χ3v) is 1.58. The van der Waals surface area contributed by atoms with Crippen LogP contribution in [0.5, 0.6) is 0 Å². The third-order valence-electron chi connectivity index (χ3n) is 1.58. The van der Waals surface area contributed by atoms with Gasteiger partial charge in [-0.05, 0) is 0 Å². The van der Waals surface area contributed by atoms with Crippen LogP contribution in [0.25, 0.3) is 0 Å². The molecule has 0 saturated heterocycles. The Labute approximate surface area is 73.5 Å². The van der Waals surface area contributed by atoms with E-state index in [1.54, 1.807) is 0 Å². The molecule has 0 aromatic heterocycles. The van der Waals surface area contributed by atoms with E-state index in [1.165, 1.54) is 6.92 Å². The Balaban J connectivity index is 4.81. The van der Waals surface area contributed by atoms with Crippen molar-refractivity contribution in [3.05, 3.63) is 0 Å². The van der Waals surface area contributed by atoms with Crippen LogP contribution in [0.3, 0.4) is 0 Å². The predicted molar refractivity (Wildman–Crippen MR) is 37.5 cm³/mol. The molecule has 7 heteroatoms. The van der Waals surface area contributed by atoms with Crippen molar-refractivity contribution >= 4 is 0 Å². The van der Waals surface area contributed by atoms with E-state index in [2.05, 4.69) is 0 Å². The van der Waals surface area contributed by atoms with E-state index in [-0.39, 0.29) is 6.42 Å². The summed E-state index contributed by atoms with van der Waals surface area (Å²) < 4.78 is 12.9. The number of rotatable bonds is 4.